The average molecular weight is 346 g/mol. The van der Waals surface area contributed by atoms with Crippen LogP contribution in [-0.4, -0.2) is 28.9 Å². The number of hydrogen-bond acceptors (Lipinski definition) is 5. The van der Waals surface area contributed by atoms with E-state index in [1.165, 1.54) is 0 Å². The van der Waals surface area contributed by atoms with Crippen LogP contribution in [0, 0.1) is 0 Å². The lowest BCUT2D eigenvalue weighted by Crippen LogP contribution is -2.45. The number of rotatable bonds is 3. The van der Waals surface area contributed by atoms with Crippen LogP contribution in [0.3, 0.4) is 0 Å². The molecule has 2 aromatic rings. The smallest absolute Gasteiger partial charge is 0.322 e. The molecule has 0 aliphatic carbocycles. The van der Waals surface area contributed by atoms with Gasteiger partial charge < -0.3 is 10.6 Å². The standard InChI is InChI=1S/C16H18N4O3S/c1-8(2)15-18-10-4-3-9(7-12(10)24-15)17-14(22)11-5-6-13(21)20-16(23)19-11/h3-4,7-8,11H,5-6H2,1-2H3,(H,17,22)(H2,19,20,21,23)/t11-/m0/s1. The minimum atomic E-state index is -0.736. The van der Waals surface area contributed by atoms with E-state index in [1.54, 1.807) is 17.4 Å². The second-order valence-corrected chi connectivity index (χ2v) is 7.05. The molecule has 4 amide bonds. The van der Waals surface area contributed by atoms with Crippen LogP contribution in [0.2, 0.25) is 0 Å². The van der Waals surface area contributed by atoms with Gasteiger partial charge in [0.1, 0.15) is 6.04 Å². The van der Waals surface area contributed by atoms with Crippen molar-refractivity contribution in [2.75, 3.05) is 5.32 Å². The van der Waals surface area contributed by atoms with Gasteiger partial charge in [-0.05, 0) is 24.6 Å². The highest BCUT2D eigenvalue weighted by Gasteiger charge is 2.26. The molecule has 3 N–H and O–H groups in total. The summed E-state index contributed by atoms with van der Waals surface area (Å²) in [7, 11) is 0. The molecule has 1 aliphatic heterocycles. The normalized spacial score (nSPS) is 18.2. The van der Waals surface area contributed by atoms with E-state index < -0.39 is 12.1 Å². The van der Waals surface area contributed by atoms with Gasteiger partial charge >= 0.3 is 6.03 Å². The average Bonchev–Trinajstić information content (AvgIpc) is 2.86. The molecular weight excluding hydrogens is 328 g/mol. The maximum Gasteiger partial charge on any atom is 0.322 e. The van der Waals surface area contributed by atoms with Gasteiger partial charge in [-0.25, -0.2) is 9.78 Å². The van der Waals surface area contributed by atoms with Crippen molar-refractivity contribution < 1.29 is 14.4 Å². The van der Waals surface area contributed by atoms with Crippen molar-refractivity contribution >= 4 is 45.1 Å². The molecule has 2 heterocycles. The lowest BCUT2D eigenvalue weighted by atomic mass is 10.1. The number of fused-ring (bicyclic) bond motifs is 1. The van der Waals surface area contributed by atoms with Crippen molar-refractivity contribution in [3.63, 3.8) is 0 Å². The molecule has 24 heavy (non-hydrogen) atoms. The zero-order valence-corrected chi connectivity index (χ0v) is 14.2. The Balaban J connectivity index is 1.75. The number of nitrogens with zero attached hydrogens (tertiary/aromatic N) is 1. The maximum atomic E-state index is 12.3. The summed E-state index contributed by atoms with van der Waals surface area (Å²) < 4.78 is 0.998. The molecule has 0 bridgehead atoms. The SMILES string of the molecule is CC(C)c1nc2ccc(NC(=O)[C@@H]3CCC(=O)NC(=O)N3)cc2s1. The monoisotopic (exact) mass is 346 g/mol. The van der Waals surface area contributed by atoms with Gasteiger partial charge in [0.2, 0.25) is 11.8 Å². The van der Waals surface area contributed by atoms with Crippen LogP contribution in [0.4, 0.5) is 10.5 Å². The van der Waals surface area contributed by atoms with Crippen LogP contribution in [0.15, 0.2) is 18.2 Å². The number of aromatic nitrogens is 1. The fraction of sp³-hybridized carbons (Fsp3) is 0.375. The Morgan fingerprint density at radius 1 is 1.38 bits per heavy atom. The van der Waals surface area contributed by atoms with Crippen molar-refractivity contribution in [3.8, 4) is 0 Å². The first kappa shape index (κ1) is 16.4. The first-order valence-corrected chi connectivity index (χ1v) is 8.55. The second kappa shape index (κ2) is 6.56. The number of amides is 4. The second-order valence-electron chi connectivity index (χ2n) is 5.99. The first-order chi connectivity index (χ1) is 11.4. The quantitative estimate of drug-likeness (QED) is 0.794. The van der Waals surface area contributed by atoms with Crippen LogP contribution in [-0.2, 0) is 9.59 Å². The molecule has 0 unspecified atom stereocenters. The van der Waals surface area contributed by atoms with Gasteiger partial charge in [0.15, 0.2) is 0 Å². The van der Waals surface area contributed by atoms with E-state index in [0.29, 0.717) is 11.6 Å². The number of nitrogens with one attached hydrogen (secondary N) is 3. The Kier molecular flexibility index (Phi) is 4.48. The van der Waals surface area contributed by atoms with Gasteiger partial charge in [0.05, 0.1) is 15.2 Å². The predicted molar refractivity (Wildman–Crippen MR) is 92.0 cm³/mol. The number of carbonyl (C=O) groups is 3. The number of hydrogen-bond donors (Lipinski definition) is 3. The van der Waals surface area contributed by atoms with E-state index in [2.05, 4.69) is 34.8 Å². The molecule has 8 heteroatoms. The molecule has 126 valence electrons. The van der Waals surface area contributed by atoms with E-state index in [0.717, 1.165) is 15.2 Å². The molecule has 1 aromatic carbocycles. The van der Waals surface area contributed by atoms with Gasteiger partial charge in [-0.15, -0.1) is 11.3 Å². The van der Waals surface area contributed by atoms with Gasteiger partial charge in [0, 0.05) is 18.0 Å². The zero-order chi connectivity index (χ0) is 17.3. The number of thiazole rings is 1. The van der Waals surface area contributed by atoms with Crippen LogP contribution < -0.4 is 16.0 Å². The molecule has 7 nitrogen and oxygen atoms in total. The minimum Gasteiger partial charge on any atom is -0.326 e. The number of urea groups is 1. The van der Waals surface area contributed by atoms with E-state index in [4.69, 9.17) is 0 Å². The van der Waals surface area contributed by atoms with Crippen LogP contribution in [0.5, 0.6) is 0 Å². The third-order valence-electron chi connectivity index (χ3n) is 3.70. The Bertz CT molecular complexity index is 815. The van der Waals surface area contributed by atoms with Crippen molar-refractivity contribution in [1.29, 1.82) is 0 Å². The molecule has 1 aromatic heterocycles. The summed E-state index contributed by atoms with van der Waals surface area (Å²) in [5.74, 6) is -0.366. The Hall–Kier alpha value is -2.48. The van der Waals surface area contributed by atoms with Crippen molar-refractivity contribution in [1.82, 2.24) is 15.6 Å². The summed E-state index contributed by atoms with van der Waals surface area (Å²) in [6.45, 7) is 4.18. The molecule has 1 aliphatic rings. The molecule has 0 radical (unpaired) electrons. The summed E-state index contributed by atoms with van der Waals surface area (Å²) in [4.78, 5) is 39.7. The van der Waals surface area contributed by atoms with Crippen LogP contribution in [0.25, 0.3) is 10.2 Å². The zero-order valence-electron chi connectivity index (χ0n) is 13.4. The van der Waals surface area contributed by atoms with Crippen molar-refractivity contribution in [2.24, 2.45) is 0 Å². The maximum absolute atomic E-state index is 12.3. The predicted octanol–water partition coefficient (Wildman–Crippen LogP) is 2.35. The third-order valence-corrected chi connectivity index (χ3v) is 5.02. The Labute approximate surface area is 142 Å². The van der Waals surface area contributed by atoms with Crippen molar-refractivity contribution in [3.05, 3.63) is 23.2 Å². The summed E-state index contributed by atoms with van der Waals surface area (Å²) in [5.41, 5.74) is 1.54. The number of benzene rings is 1. The van der Waals surface area contributed by atoms with Gasteiger partial charge in [-0.3, -0.25) is 14.9 Å². The largest absolute Gasteiger partial charge is 0.326 e. The fourth-order valence-electron chi connectivity index (χ4n) is 2.42. The fourth-order valence-corrected chi connectivity index (χ4v) is 3.43. The molecule has 0 saturated carbocycles. The molecule has 1 saturated heterocycles. The van der Waals surface area contributed by atoms with Crippen molar-refractivity contribution in [2.45, 2.75) is 38.6 Å². The lowest BCUT2D eigenvalue weighted by Gasteiger charge is -2.14. The van der Waals surface area contributed by atoms with E-state index in [9.17, 15) is 14.4 Å². The van der Waals surface area contributed by atoms with E-state index in [-0.39, 0.29) is 24.7 Å². The van der Waals surface area contributed by atoms with Crippen LogP contribution >= 0.6 is 11.3 Å². The minimum absolute atomic E-state index is 0.127. The van der Waals surface area contributed by atoms with E-state index in [1.807, 2.05) is 12.1 Å². The molecule has 1 atom stereocenters. The summed E-state index contributed by atoms with van der Waals surface area (Å²) in [6, 6.07) is 4.14. The summed E-state index contributed by atoms with van der Waals surface area (Å²) in [5, 5.41) is 8.49. The summed E-state index contributed by atoms with van der Waals surface area (Å²) in [6.07, 6.45) is 0.395. The molecule has 1 fully saturated rings. The highest BCUT2D eigenvalue weighted by Crippen LogP contribution is 2.29. The van der Waals surface area contributed by atoms with E-state index >= 15 is 0 Å². The molecule has 3 rings (SSSR count). The Morgan fingerprint density at radius 3 is 2.92 bits per heavy atom. The van der Waals surface area contributed by atoms with Crippen LogP contribution in [0.1, 0.15) is 37.6 Å². The van der Waals surface area contributed by atoms with Gasteiger partial charge in [0.25, 0.3) is 0 Å². The number of imide groups is 1. The first-order valence-electron chi connectivity index (χ1n) is 7.74. The number of carbonyl (C=O) groups excluding carboxylic acids is 3. The molecule has 0 spiro atoms. The molecular formula is C16H18N4O3S. The topological polar surface area (TPSA) is 100 Å². The van der Waals surface area contributed by atoms with Gasteiger partial charge in [-0.1, -0.05) is 13.8 Å². The third kappa shape index (κ3) is 3.53. The highest BCUT2D eigenvalue weighted by molar-refractivity contribution is 7.18. The summed E-state index contributed by atoms with van der Waals surface area (Å²) >= 11 is 1.60. The number of anilines is 1. The highest BCUT2D eigenvalue weighted by atomic mass is 32.1. The van der Waals surface area contributed by atoms with Gasteiger partial charge in [-0.2, -0.15) is 0 Å². The Morgan fingerprint density at radius 2 is 2.17 bits per heavy atom. The lowest BCUT2D eigenvalue weighted by molar-refractivity contribution is -0.120.